The average molecular weight is 507 g/mol. The van der Waals surface area contributed by atoms with Crippen molar-refractivity contribution in [3.8, 4) is 0 Å². The van der Waals surface area contributed by atoms with Gasteiger partial charge in [0, 0.05) is 43.7 Å². The van der Waals surface area contributed by atoms with E-state index in [0.717, 1.165) is 10.8 Å². The minimum atomic E-state index is -0.651. The molecule has 8 nitrogen and oxygen atoms in total. The van der Waals surface area contributed by atoms with Gasteiger partial charge in [-0.2, -0.15) is 0 Å². The summed E-state index contributed by atoms with van der Waals surface area (Å²) in [6, 6.07) is 12.9. The summed E-state index contributed by atoms with van der Waals surface area (Å²) in [7, 11) is 0. The van der Waals surface area contributed by atoms with Crippen molar-refractivity contribution >= 4 is 34.4 Å². The molecule has 1 atom stereocenters. The van der Waals surface area contributed by atoms with E-state index >= 15 is 0 Å². The molecule has 1 fully saturated rings. The Hall–Kier alpha value is -3.68. The lowest BCUT2D eigenvalue weighted by atomic mass is 9.94. The Morgan fingerprint density at radius 1 is 0.946 bits per heavy atom. The maximum absolute atomic E-state index is 13.4. The van der Waals surface area contributed by atoms with Crippen LogP contribution in [0.25, 0.3) is 10.8 Å². The third-order valence-electron chi connectivity index (χ3n) is 6.59. The Kier molecular flexibility index (Phi) is 9.44. The lowest BCUT2D eigenvalue weighted by Crippen LogP contribution is -2.56. The molecule has 4 amide bonds. The van der Waals surface area contributed by atoms with E-state index in [2.05, 4.69) is 17.2 Å². The topological polar surface area (TPSA) is 98.8 Å². The molecule has 3 rings (SSSR count). The predicted octanol–water partition coefficient (Wildman–Crippen LogP) is 3.13. The van der Waals surface area contributed by atoms with Crippen LogP contribution < -0.4 is 10.6 Å². The van der Waals surface area contributed by atoms with Gasteiger partial charge in [0.2, 0.25) is 17.7 Å². The van der Waals surface area contributed by atoms with E-state index in [1.807, 2.05) is 63.2 Å². The van der Waals surface area contributed by atoms with E-state index < -0.39 is 11.5 Å². The number of amides is 4. The zero-order chi connectivity index (χ0) is 27.0. The zero-order valence-electron chi connectivity index (χ0n) is 22.1. The van der Waals surface area contributed by atoms with Crippen LogP contribution in [0.5, 0.6) is 0 Å². The normalized spacial score (nSPS) is 14.7. The quantitative estimate of drug-likeness (QED) is 0.403. The summed E-state index contributed by atoms with van der Waals surface area (Å²) in [5.74, 6) is -0.590. The number of nitrogens with zero attached hydrogens (tertiary/aromatic N) is 2. The van der Waals surface area contributed by atoms with Crippen molar-refractivity contribution in [2.75, 3.05) is 32.7 Å². The molecule has 0 aliphatic carbocycles. The number of benzene rings is 2. The number of hydrogen-bond donors (Lipinski definition) is 2. The third kappa shape index (κ3) is 7.41. The molecule has 2 aromatic carbocycles. The van der Waals surface area contributed by atoms with E-state index in [9.17, 15) is 19.2 Å². The molecule has 2 N–H and O–H groups in total. The Morgan fingerprint density at radius 3 is 2.27 bits per heavy atom. The molecule has 37 heavy (non-hydrogen) atoms. The second-order valence-corrected chi connectivity index (χ2v) is 10.4. The predicted molar refractivity (Wildman–Crippen MR) is 145 cm³/mol. The Bertz CT molecular complexity index is 1140. The van der Waals surface area contributed by atoms with E-state index in [-0.39, 0.29) is 23.6 Å². The fourth-order valence-corrected chi connectivity index (χ4v) is 4.32. The van der Waals surface area contributed by atoms with Crippen molar-refractivity contribution in [2.45, 2.75) is 46.1 Å². The van der Waals surface area contributed by atoms with Gasteiger partial charge in [0.05, 0.1) is 0 Å². The van der Waals surface area contributed by atoms with Crippen LogP contribution in [-0.2, 0) is 14.4 Å². The molecule has 0 radical (unpaired) electrons. The van der Waals surface area contributed by atoms with Crippen molar-refractivity contribution in [3.05, 3.63) is 60.7 Å². The minimum Gasteiger partial charge on any atom is -0.353 e. The minimum absolute atomic E-state index is 0.0388. The first-order valence-corrected chi connectivity index (χ1v) is 12.9. The smallest absolute Gasteiger partial charge is 0.254 e. The van der Waals surface area contributed by atoms with Gasteiger partial charge in [0.1, 0.15) is 6.04 Å². The molecular formula is C29H38N4O4. The molecule has 0 aromatic heterocycles. The third-order valence-corrected chi connectivity index (χ3v) is 6.59. The average Bonchev–Trinajstić information content (AvgIpc) is 2.90. The Labute approximate surface area is 219 Å². The van der Waals surface area contributed by atoms with Crippen molar-refractivity contribution in [1.29, 1.82) is 0 Å². The highest BCUT2D eigenvalue weighted by molar-refractivity contribution is 6.07. The van der Waals surface area contributed by atoms with E-state index in [1.54, 1.807) is 9.80 Å². The molecule has 1 aliphatic rings. The highest BCUT2D eigenvalue weighted by Gasteiger charge is 2.32. The SMILES string of the molecule is C=CC(=O)NCCCC[C@H](NC(=O)C(C)(C)C)C(=O)N1CCN(C(=O)c2cccc3ccccc23)CC1. The fraction of sp³-hybridized carbons (Fsp3) is 0.448. The summed E-state index contributed by atoms with van der Waals surface area (Å²) in [4.78, 5) is 54.2. The first-order chi connectivity index (χ1) is 17.6. The molecule has 1 heterocycles. The molecule has 1 saturated heterocycles. The van der Waals surface area contributed by atoms with Gasteiger partial charge in [-0.1, -0.05) is 63.7 Å². The maximum atomic E-state index is 13.4. The van der Waals surface area contributed by atoms with Gasteiger partial charge in [0.15, 0.2) is 0 Å². The molecular weight excluding hydrogens is 468 g/mol. The van der Waals surface area contributed by atoms with Crippen LogP contribution in [0.2, 0.25) is 0 Å². The first-order valence-electron chi connectivity index (χ1n) is 12.9. The number of carbonyl (C=O) groups excluding carboxylic acids is 4. The second kappa shape index (κ2) is 12.5. The number of hydrogen-bond acceptors (Lipinski definition) is 4. The summed E-state index contributed by atoms with van der Waals surface area (Å²) in [5.41, 5.74) is 0.0387. The maximum Gasteiger partial charge on any atom is 0.254 e. The van der Waals surface area contributed by atoms with Gasteiger partial charge in [-0.25, -0.2) is 0 Å². The van der Waals surface area contributed by atoms with Crippen molar-refractivity contribution in [1.82, 2.24) is 20.4 Å². The van der Waals surface area contributed by atoms with Gasteiger partial charge < -0.3 is 20.4 Å². The second-order valence-electron chi connectivity index (χ2n) is 10.4. The highest BCUT2D eigenvalue weighted by Crippen LogP contribution is 2.21. The molecule has 8 heteroatoms. The molecule has 2 aromatic rings. The number of rotatable bonds is 9. The van der Waals surface area contributed by atoms with Crippen LogP contribution in [-0.4, -0.2) is 72.2 Å². The summed E-state index contributed by atoms with van der Waals surface area (Å²) < 4.78 is 0. The lowest BCUT2D eigenvalue weighted by Gasteiger charge is -2.37. The molecule has 1 aliphatic heterocycles. The number of unbranched alkanes of at least 4 members (excludes halogenated alkanes) is 1. The molecule has 0 unspecified atom stereocenters. The number of nitrogens with one attached hydrogen (secondary N) is 2. The molecule has 0 bridgehead atoms. The van der Waals surface area contributed by atoms with Gasteiger partial charge in [-0.3, -0.25) is 19.2 Å². The summed E-state index contributed by atoms with van der Waals surface area (Å²) in [6.07, 6.45) is 3.04. The van der Waals surface area contributed by atoms with E-state index in [1.165, 1.54) is 6.08 Å². The molecule has 0 spiro atoms. The van der Waals surface area contributed by atoms with Crippen molar-refractivity contribution in [3.63, 3.8) is 0 Å². The number of fused-ring (bicyclic) bond motifs is 1. The first kappa shape index (κ1) is 27.9. The van der Waals surface area contributed by atoms with Crippen LogP contribution in [0, 0.1) is 5.41 Å². The van der Waals surface area contributed by atoms with Crippen LogP contribution >= 0.6 is 0 Å². The van der Waals surface area contributed by atoms with E-state index in [4.69, 9.17) is 0 Å². The van der Waals surface area contributed by atoms with Crippen LogP contribution in [0.3, 0.4) is 0 Å². The van der Waals surface area contributed by atoms with Crippen LogP contribution in [0.15, 0.2) is 55.1 Å². The summed E-state index contributed by atoms with van der Waals surface area (Å²) >= 11 is 0. The summed E-state index contributed by atoms with van der Waals surface area (Å²) in [6.45, 7) is 11.0. The largest absolute Gasteiger partial charge is 0.353 e. The number of piperazine rings is 1. The summed E-state index contributed by atoms with van der Waals surface area (Å²) in [5, 5.41) is 7.59. The van der Waals surface area contributed by atoms with Gasteiger partial charge in [0.25, 0.3) is 5.91 Å². The van der Waals surface area contributed by atoms with Crippen molar-refractivity contribution < 1.29 is 19.2 Å². The zero-order valence-corrected chi connectivity index (χ0v) is 22.1. The Balaban J connectivity index is 1.61. The Morgan fingerprint density at radius 2 is 1.59 bits per heavy atom. The van der Waals surface area contributed by atoms with Crippen LogP contribution in [0.4, 0.5) is 0 Å². The van der Waals surface area contributed by atoms with Gasteiger partial charge >= 0.3 is 0 Å². The lowest BCUT2D eigenvalue weighted by molar-refractivity contribution is -0.139. The highest BCUT2D eigenvalue weighted by atomic mass is 16.2. The monoisotopic (exact) mass is 506 g/mol. The number of carbonyl (C=O) groups is 4. The standard InChI is InChI=1S/C29H38N4O4/c1-5-25(34)30-16-9-8-15-24(31-28(37)29(2,3)4)27(36)33-19-17-32(18-20-33)26(35)23-14-10-12-21-11-6-7-13-22(21)23/h5-7,10-14,24H,1,8-9,15-20H2,2-4H3,(H,30,34)(H,31,37)/t24-/m0/s1. The van der Waals surface area contributed by atoms with Gasteiger partial charge in [-0.05, 0) is 42.2 Å². The van der Waals surface area contributed by atoms with E-state index in [0.29, 0.717) is 57.5 Å². The van der Waals surface area contributed by atoms with Crippen LogP contribution in [0.1, 0.15) is 50.4 Å². The molecule has 0 saturated carbocycles. The van der Waals surface area contributed by atoms with Gasteiger partial charge in [-0.15, -0.1) is 0 Å². The van der Waals surface area contributed by atoms with Crippen molar-refractivity contribution in [2.24, 2.45) is 5.41 Å². The fourth-order valence-electron chi connectivity index (χ4n) is 4.32. The molecule has 198 valence electrons.